The molecule has 1 unspecified atom stereocenters. The quantitative estimate of drug-likeness (QED) is 0.602. The molecule has 1 atom stereocenters. The van der Waals surface area contributed by atoms with Crippen LogP contribution in [0.4, 0.5) is 4.39 Å². The molecule has 0 fully saturated rings. The van der Waals surface area contributed by atoms with Crippen molar-refractivity contribution < 1.29 is 4.39 Å². The summed E-state index contributed by atoms with van der Waals surface area (Å²) in [5.41, 5.74) is 3.93. The third-order valence-corrected chi connectivity index (χ3v) is 4.09. The van der Waals surface area contributed by atoms with Gasteiger partial charge in [0.15, 0.2) is 0 Å². The average Bonchev–Trinajstić information content (AvgIpc) is 2.77. The zero-order valence-electron chi connectivity index (χ0n) is 11.1. The number of nitrogens with one attached hydrogen (secondary N) is 1. The summed E-state index contributed by atoms with van der Waals surface area (Å²) in [6, 6.07) is 4.42. The van der Waals surface area contributed by atoms with Gasteiger partial charge in [-0.05, 0) is 48.0 Å². The van der Waals surface area contributed by atoms with Crippen molar-refractivity contribution >= 4 is 31.9 Å². The van der Waals surface area contributed by atoms with Gasteiger partial charge in [-0.25, -0.2) is 9.82 Å². The van der Waals surface area contributed by atoms with Gasteiger partial charge in [0.25, 0.3) is 0 Å². The van der Waals surface area contributed by atoms with Gasteiger partial charge in [-0.2, -0.15) is 5.10 Å². The summed E-state index contributed by atoms with van der Waals surface area (Å²) < 4.78 is 17.5. The molecule has 1 aromatic heterocycles. The van der Waals surface area contributed by atoms with Gasteiger partial charge < -0.3 is 0 Å². The van der Waals surface area contributed by atoms with Crippen LogP contribution in [0.2, 0.25) is 0 Å². The molecule has 0 saturated carbocycles. The Morgan fingerprint density at radius 1 is 1.35 bits per heavy atom. The fourth-order valence-electron chi connectivity index (χ4n) is 2.08. The Bertz CT molecular complexity index is 612. The lowest BCUT2D eigenvalue weighted by molar-refractivity contribution is 0.466. The summed E-state index contributed by atoms with van der Waals surface area (Å²) in [5, 5.41) is 4.30. The Balaban J connectivity index is 2.58. The van der Waals surface area contributed by atoms with E-state index in [2.05, 4.69) is 42.4 Å². The van der Waals surface area contributed by atoms with E-state index in [1.54, 1.807) is 18.3 Å². The summed E-state index contributed by atoms with van der Waals surface area (Å²) in [5.74, 6) is 5.34. The highest BCUT2D eigenvalue weighted by Crippen LogP contribution is 2.32. The Labute approximate surface area is 133 Å². The second-order valence-electron chi connectivity index (χ2n) is 4.68. The number of hydrogen-bond donors (Lipinski definition) is 2. The van der Waals surface area contributed by atoms with Gasteiger partial charge in [0.1, 0.15) is 5.82 Å². The second kappa shape index (κ2) is 6.34. The monoisotopic (exact) mass is 404 g/mol. The Morgan fingerprint density at radius 2 is 2.05 bits per heavy atom. The molecule has 20 heavy (non-hydrogen) atoms. The second-order valence-corrected chi connectivity index (χ2v) is 6.45. The third kappa shape index (κ3) is 2.95. The summed E-state index contributed by atoms with van der Waals surface area (Å²) in [6.45, 7) is 4.02. The maximum atomic E-state index is 14.1. The molecular formula is C13H15Br2FN4. The van der Waals surface area contributed by atoms with E-state index < -0.39 is 6.04 Å². The summed E-state index contributed by atoms with van der Waals surface area (Å²) >= 11 is 6.81. The molecule has 0 saturated heterocycles. The summed E-state index contributed by atoms with van der Waals surface area (Å²) in [6.07, 6.45) is 1.69. The van der Waals surface area contributed by atoms with Crippen LogP contribution in [0.5, 0.6) is 0 Å². The highest BCUT2D eigenvalue weighted by atomic mass is 79.9. The number of rotatable bonds is 4. The van der Waals surface area contributed by atoms with Gasteiger partial charge in [0.05, 0.1) is 22.4 Å². The highest BCUT2D eigenvalue weighted by molar-refractivity contribution is 9.10. The third-order valence-electron chi connectivity index (χ3n) is 2.99. The topological polar surface area (TPSA) is 55.9 Å². The molecular weight excluding hydrogens is 391 g/mol. The van der Waals surface area contributed by atoms with E-state index in [0.29, 0.717) is 5.56 Å². The lowest BCUT2D eigenvalue weighted by Gasteiger charge is -2.21. The minimum absolute atomic E-state index is 0.141. The number of nitrogens with zero attached hydrogens (tertiary/aromatic N) is 2. The molecule has 0 radical (unpaired) electrons. The molecule has 0 aliphatic rings. The van der Waals surface area contributed by atoms with Gasteiger partial charge in [0, 0.05) is 16.1 Å². The highest BCUT2D eigenvalue weighted by Gasteiger charge is 2.24. The molecule has 4 nitrogen and oxygen atoms in total. The predicted molar refractivity (Wildman–Crippen MR) is 83.6 cm³/mol. The molecule has 0 aliphatic heterocycles. The lowest BCUT2D eigenvalue weighted by Crippen LogP contribution is -2.32. The van der Waals surface area contributed by atoms with Crippen molar-refractivity contribution in [1.29, 1.82) is 0 Å². The number of benzene rings is 1. The zero-order valence-corrected chi connectivity index (χ0v) is 14.2. The fraction of sp³-hybridized carbons (Fsp3) is 0.308. The molecule has 108 valence electrons. The van der Waals surface area contributed by atoms with Crippen molar-refractivity contribution in [1.82, 2.24) is 15.2 Å². The standard InChI is InChI=1S/C13H15Br2FN4/c1-7(2)20-13(10(15)6-18-20)12(19-17)9-5-8(14)3-4-11(9)16/h3-7,12,19H,17H2,1-2H3. The number of halogens is 3. The van der Waals surface area contributed by atoms with Crippen LogP contribution in [-0.4, -0.2) is 9.78 Å². The SMILES string of the molecule is CC(C)n1ncc(Br)c1C(NN)c1cc(Br)ccc1F. The van der Waals surface area contributed by atoms with Gasteiger partial charge in [-0.1, -0.05) is 15.9 Å². The molecule has 1 aromatic carbocycles. The van der Waals surface area contributed by atoms with E-state index >= 15 is 0 Å². The fourth-order valence-corrected chi connectivity index (χ4v) is 2.97. The number of hydrogen-bond acceptors (Lipinski definition) is 3. The van der Waals surface area contributed by atoms with Crippen LogP contribution in [0.1, 0.15) is 37.2 Å². The van der Waals surface area contributed by atoms with Gasteiger partial charge in [0.2, 0.25) is 0 Å². The van der Waals surface area contributed by atoms with Crippen molar-refractivity contribution in [2.75, 3.05) is 0 Å². The van der Waals surface area contributed by atoms with Crippen LogP contribution < -0.4 is 11.3 Å². The summed E-state index contributed by atoms with van der Waals surface area (Å²) in [7, 11) is 0. The van der Waals surface area contributed by atoms with Crippen LogP contribution >= 0.6 is 31.9 Å². The largest absolute Gasteiger partial charge is 0.271 e. The number of nitrogens with two attached hydrogens (primary N) is 1. The van der Waals surface area contributed by atoms with E-state index in [4.69, 9.17) is 5.84 Å². The normalized spacial score (nSPS) is 12.9. The Kier molecular flexibility index (Phi) is 4.95. The summed E-state index contributed by atoms with van der Waals surface area (Å²) in [4.78, 5) is 0. The van der Waals surface area contributed by atoms with Gasteiger partial charge in [-0.15, -0.1) is 0 Å². The lowest BCUT2D eigenvalue weighted by atomic mass is 10.0. The molecule has 7 heteroatoms. The first-order chi connectivity index (χ1) is 9.45. The maximum Gasteiger partial charge on any atom is 0.128 e. The first-order valence-electron chi connectivity index (χ1n) is 6.09. The molecule has 0 spiro atoms. The van der Waals surface area contributed by atoms with E-state index in [9.17, 15) is 4.39 Å². The van der Waals surface area contributed by atoms with Crippen LogP contribution in [0, 0.1) is 5.82 Å². The molecule has 3 N–H and O–H groups in total. The first kappa shape index (κ1) is 15.6. The number of aromatic nitrogens is 2. The van der Waals surface area contributed by atoms with Gasteiger partial charge in [-0.3, -0.25) is 10.5 Å². The van der Waals surface area contributed by atoms with Crippen LogP contribution in [0.3, 0.4) is 0 Å². The Hall–Kier alpha value is -0.760. The molecule has 2 rings (SSSR count). The van der Waals surface area contributed by atoms with E-state index in [-0.39, 0.29) is 11.9 Å². The molecule has 0 amide bonds. The number of hydrazine groups is 1. The molecule has 0 bridgehead atoms. The molecule has 1 heterocycles. The van der Waals surface area contributed by atoms with E-state index in [1.165, 1.54) is 6.07 Å². The van der Waals surface area contributed by atoms with Crippen LogP contribution in [0.25, 0.3) is 0 Å². The van der Waals surface area contributed by atoms with Crippen molar-refractivity contribution in [3.05, 3.63) is 50.4 Å². The first-order valence-corrected chi connectivity index (χ1v) is 7.68. The average molecular weight is 406 g/mol. The van der Waals surface area contributed by atoms with Crippen LogP contribution in [0.15, 0.2) is 33.3 Å². The van der Waals surface area contributed by atoms with E-state index in [0.717, 1.165) is 14.6 Å². The molecule has 2 aromatic rings. The van der Waals surface area contributed by atoms with Crippen LogP contribution in [-0.2, 0) is 0 Å². The minimum Gasteiger partial charge on any atom is -0.271 e. The minimum atomic E-state index is -0.494. The smallest absolute Gasteiger partial charge is 0.128 e. The van der Waals surface area contributed by atoms with E-state index in [1.807, 2.05) is 18.5 Å². The Morgan fingerprint density at radius 3 is 2.65 bits per heavy atom. The maximum absolute atomic E-state index is 14.1. The zero-order chi connectivity index (χ0) is 14.9. The predicted octanol–water partition coefficient (Wildman–Crippen LogP) is 3.68. The van der Waals surface area contributed by atoms with Crippen molar-refractivity contribution in [3.8, 4) is 0 Å². The van der Waals surface area contributed by atoms with Crippen molar-refractivity contribution in [2.24, 2.45) is 5.84 Å². The van der Waals surface area contributed by atoms with Gasteiger partial charge >= 0.3 is 0 Å². The van der Waals surface area contributed by atoms with Crippen molar-refractivity contribution in [2.45, 2.75) is 25.9 Å². The molecule has 0 aliphatic carbocycles. The van der Waals surface area contributed by atoms with Crippen molar-refractivity contribution in [3.63, 3.8) is 0 Å².